The van der Waals surface area contributed by atoms with Gasteiger partial charge in [0.1, 0.15) is 22.4 Å². The lowest BCUT2D eigenvalue weighted by molar-refractivity contribution is -0.350. The van der Waals surface area contributed by atoms with Crippen LogP contribution in [-0.4, -0.2) is 87.5 Å². The molecule has 7 N–H and O–H groups in total. The van der Waals surface area contributed by atoms with Crippen LogP contribution in [0.25, 0.3) is 0 Å². The van der Waals surface area contributed by atoms with Gasteiger partial charge in [-0.15, -0.1) is 0 Å². The Morgan fingerprint density at radius 2 is 1.67 bits per heavy atom. The van der Waals surface area contributed by atoms with Gasteiger partial charge < -0.3 is 40.5 Å². The van der Waals surface area contributed by atoms with Crippen LogP contribution in [0.2, 0.25) is 0 Å². The van der Waals surface area contributed by atoms with Gasteiger partial charge in [-0.05, 0) is 44.4 Å². The Morgan fingerprint density at radius 1 is 1.06 bits per heavy atom. The van der Waals surface area contributed by atoms with E-state index < -0.39 is 74.4 Å². The largest absolute Gasteiger partial charge is 0.453 e. The summed E-state index contributed by atoms with van der Waals surface area (Å²) in [4.78, 5) is 13.3. The van der Waals surface area contributed by atoms with Crippen LogP contribution in [-0.2, 0) is 9.53 Å². The molecule has 4 fully saturated rings. The second-order valence-electron chi connectivity index (χ2n) is 13.1. The first-order valence-electron chi connectivity index (χ1n) is 12.9. The molecule has 0 saturated heterocycles. The molecule has 0 unspecified atom stereocenters. The van der Waals surface area contributed by atoms with Gasteiger partial charge in [0.05, 0.1) is 17.1 Å². The first kappa shape index (κ1) is 26.3. The number of fused-ring (bicyclic) bond motifs is 2. The number of ether oxygens (including phenoxy) is 1. The molecule has 4 bridgehead atoms. The third kappa shape index (κ3) is 2.07. The SMILES string of the molecule is CC(C)[C@@]1(O)[C@@H](OC(=O)C2=CC=CC2)[C@@]2(O)[C@@]3(C)C[C@@](C)(O)[C@@]1(C)[C@]2(O)[C@@]1(O)[C@H](O)[C@@H](C)CC[C@]31O. The lowest BCUT2D eigenvalue weighted by atomic mass is 9.47. The van der Waals surface area contributed by atoms with Gasteiger partial charge in [-0.25, -0.2) is 4.79 Å². The predicted molar refractivity (Wildman–Crippen MR) is 127 cm³/mol. The van der Waals surface area contributed by atoms with Crippen LogP contribution in [0.4, 0.5) is 0 Å². The van der Waals surface area contributed by atoms with Crippen molar-refractivity contribution in [3.63, 3.8) is 0 Å². The van der Waals surface area contributed by atoms with E-state index in [1.807, 2.05) is 0 Å². The molecule has 5 aliphatic rings. The van der Waals surface area contributed by atoms with Gasteiger partial charge in [-0.2, -0.15) is 0 Å². The van der Waals surface area contributed by atoms with Crippen molar-refractivity contribution in [2.45, 2.75) is 113 Å². The molecule has 9 nitrogen and oxygen atoms in total. The van der Waals surface area contributed by atoms with Gasteiger partial charge >= 0.3 is 5.97 Å². The third-order valence-corrected chi connectivity index (χ3v) is 11.6. The maximum Gasteiger partial charge on any atom is 0.334 e. The molecule has 0 aromatic carbocycles. The number of esters is 1. The van der Waals surface area contributed by atoms with E-state index >= 15 is 0 Å². The first-order chi connectivity index (χ1) is 16.3. The van der Waals surface area contributed by atoms with E-state index in [1.54, 1.807) is 39.0 Å². The number of hydrogen-bond donors (Lipinski definition) is 7. The molecular weight excluding hydrogens is 468 g/mol. The minimum absolute atomic E-state index is 0.0924. The molecule has 0 aliphatic heterocycles. The van der Waals surface area contributed by atoms with Gasteiger partial charge in [-0.3, -0.25) is 0 Å². The maximum atomic E-state index is 13.3. The topological polar surface area (TPSA) is 168 Å². The Hall–Kier alpha value is -1.33. The Kier molecular flexibility index (Phi) is 4.97. The van der Waals surface area contributed by atoms with E-state index in [0.717, 1.165) is 0 Å². The van der Waals surface area contributed by atoms with Crippen molar-refractivity contribution in [1.29, 1.82) is 0 Å². The van der Waals surface area contributed by atoms with Gasteiger partial charge in [-0.1, -0.05) is 52.8 Å². The molecule has 202 valence electrons. The average Bonchev–Trinajstić information content (AvgIpc) is 3.38. The van der Waals surface area contributed by atoms with E-state index in [0.29, 0.717) is 0 Å². The second kappa shape index (κ2) is 6.81. The summed E-state index contributed by atoms with van der Waals surface area (Å²) in [7, 11) is 0. The number of rotatable bonds is 3. The standard InChI is InChI=1S/C27H40O9/c1-14(2)24(32)19(36-18(29)16-9-7-8-10-16)26(34)20(4)13-21(5,30)22(24,6)27(26,35)25(33)17(28)15(3)11-12-23(20,25)31/h7-9,14-15,17,19,28,30-35H,10-13H2,1-6H3/t15-,17+,19+,20-,21+,22+,23-,24+,25+,26+,27-/m0/s1. The summed E-state index contributed by atoms with van der Waals surface area (Å²) < 4.78 is 5.89. The van der Waals surface area contributed by atoms with Crippen LogP contribution in [0, 0.1) is 22.7 Å². The van der Waals surface area contributed by atoms with Crippen LogP contribution in [0.15, 0.2) is 23.8 Å². The van der Waals surface area contributed by atoms with Gasteiger partial charge in [0.25, 0.3) is 0 Å². The van der Waals surface area contributed by atoms with Crippen molar-refractivity contribution in [2.24, 2.45) is 22.7 Å². The molecule has 0 radical (unpaired) electrons. The molecule has 0 aromatic heterocycles. The van der Waals surface area contributed by atoms with Crippen LogP contribution < -0.4 is 0 Å². The summed E-state index contributed by atoms with van der Waals surface area (Å²) in [6.45, 7) is 9.04. The molecule has 5 aliphatic carbocycles. The Balaban J connectivity index is 1.88. The molecule has 11 atom stereocenters. The second-order valence-corrected chi connectivity index (χ2v) is 13.1. The number of carbonyl (C=O) groups is 1. The fourth-order valence-electron chi connectivity index (χ4n) is 9.57. The molecule has 0 spiro atoms. The van der Waals surface area contributed by atoms with Crippen molar-refractivity contribution < 1.29 is 45.3 Å². The summed E-state index contributed by atoms with van der Waals surface area (Å²) in [6.07, 6.45) is 1.53. The molecule has 0 heterocycles. The van der Waals surface area contributed by atoms with Crippen molar-refractivity contribution in [3.8, 4) is 0 Å². The Labute approximate surface area is 211 Å². The zero-order chi connectivity index (χ0) is 27.1. The molecule has 0 aromatic rings. The minimum Gasteiger partial charge on any atom is -0.453 e. The van der Waals surface area contributed by atoms with Gasteiger partial charge in [0.2, 0.25) is 0 Å². The number of carbonyl (C=O) groups excluding carboxylic acids is 1. The van der Waals surface area contributed by atoms with Crippen LogP contribution in [0.3, 0.4) is 0 Å². The highest BCUT2D eigenvalue weighted by molar-refractivity contribution is 5.90. The molecule has 4 saturated carbocycles. The van der Waals surface area contributed by atoms with Crippen LogP contribution >= 0.6 is 0 Å². The molecular formula is C27H40O9. The van der Waals surface area contributed by atoms with E-state index in [1.165, 1.54) is 20.8 Å². The van der Waals surface area contributed by atoms with Crippen molar-refractivity contribution in [2.75, 3.05) is 0 Å². The number of hydrogen-bond acceptors (Lipinski definition) is 9. The summed E-state index contributed by atoms with van der Waals surface area (Å²) in [6, 6.07) is 0. The highest BCUT2D eigenvalue weighted by Gasteiger charge is 3.04. The predicted octanol–water partition coefficient (Wildman–Crippen LogP) is 0.0813. The third-order valence-electron chi connectivity index (χ3n) is 11.6. The highest BCUT2D eigenvalue weighted by Crippen LogP contribution is 2.85. The highest BCUT2D eigenvalue weighted by atomic mass is 16.6. The van der Waals surface area contributed by atoms with Crippen LogP contribution in [0.5, 0.6) is 0 Å². The Bertz CT molecular complexity index is 1080. The number of aliphatic hydroxyl groups excluding tert-OH is 1. The summed E-state index contributed by atoms with van der Waals surface area (Å²) in [5.74, 6) is -2.21. The average molecular weight is 509 g/mol. The fraction of sp³-hybridized carbons (Fsp3) is 0.815. The van der Waals surface area contributed by atoms with E-state index in [-0.39, 0.29) is 31.3 Å². The fourth-order valence-corrected chi connectivity index (χ4v) is 9.57. The molecule has 0 amide bonds. The zero-order valence-corrected chi connectivity index (χ0v) is 21.8. The number of aliphatic hydroxyl groups is 7. The summed E-state index contributed by atoms with van der Waals surface area (Å²) in [5, 5.41) is 86.3. The van der Waals surface area contributed by atoms with E-state index in [9.17, 15) is 40.5 Å². The van der Waals surface area contributed by atoms with Gasteiger partial charge in [0, 0.05) is 11.0 Å². The smallest absolute Gasteiger partial charge is 0.334 e. The summed E-state index contributed by atoms with van der Waals surface area (Å²) >= 11 is 0. The molecule has 5 rings (SSSR count). The zero-order valence-electron chi connectivity index (χ0n) is 21.8. The first-order valence-corrected chi connectivity index (χ1v) is 12.9. The van der Waals surface area contributed by atoms with Crippen LogP contribution in [0.1, 0.15) is 67.2 Å². The van der Waals surface area contributed by atoms with E-state index in [2.05, 4.69) is 0 Å². The summed E-state index contributed by atoms with van der Waals surface area (Å²) in [5.41, 5.74) is -18.6. The lowest BCUT2D eigenvalue weighted by Gasteiger charge is -2.62. The quantitative estimate of drug-likeness (QED) is 0.261. The van der Waals surface area contributed by atoms with Crippen molar-refractivity contribution >= 4 is 5.97 Å². The molecule has 9 heteroatoms. The monoisotopic (exact) mass is 508 g/mol. The van der Waals surface area contributed by atoms with Gasteiger partial charge in [0.15, 0.2) is 11.7 Å². The maximum absolute atomic E-state index is 13.3. The Morgan fingerprint density at radius 3 is 2.19 bits per heavy atom. The normalized spacial score (nSPS) is 59.3. The van der Waals surface area contributed by atoms with Crippen molar-refractivity contribution in [1.82, 2.24) is 0 Å². The van der Waals surface area contributed by atoms with E-state index in [4.69, 9.17) is 4.74 Å². The molecule has 36 heavy (non-hydrogen) atoms. The van der Waals surface area contributed by atoms with Crippen molar-refractivity contribution in [3.05, 3.63) is 23.8 Å². The number of allylic oxidation sites excluding steroid dienone is 3. The lowest BCUT2D eigenvalue weighted by Crippen LogP contribution is -2.81. The minimum atomic E-state index is -2.89.